The average Bonchev–Trinajstić information content (AvgIpc) is 2.86. The van der Waals surface area contributed by atoms with E-state index in [9.17, 15) is 0 Å². The first-order valence-corrected chi connectivity index (χ1v) is 7.49. The fourth-order valence-electron chi connectivity index (χ4n) is 2.17. The lowest BCUT2D eigenvalue weighted by Gasteiger charge is -2.16. The SMILES string of the molecule is NNC(c1cc(Br)cs1)c1cncc2ccccc12. The third-order valence-corrected chi connectivity index (χ3v) is 4.81. The van der Waals surface area contributed by atoms with Gasteiger partial charge in [0.2, 0.25) is 0 Å². The van der Waals surface area contributed by atoms with Crippen LogP contribution in [0, 0.1) is 0 Å². The monoisotopic (exact) mass is 333 g/mol. The van der Waals surface area contributed by atoms with Crippen molar-refractivity contribution in [2.45, 2.75) is 6.04 Å². The Labute approximate surface area is 123 Å². The topological polar surface area (TPSA) is 50.9 Å². The molecule has 3 rings (SSSR count). The third-order valence-electron chi connectivity index (χ3n) is 3.05. The van der Waals surface area contributed by atoms with Gasteiger partial charge < -0.3 is 0 Å². The number of hydrazine groups is 1. The Hall–Kier alpha value is -1.27. The molecule has 0 saturated heterocycles. The maximum atomic E-state index is 5.75. The molecular formula is C14H12BrN3S. The molecule has 0 aliphatic heterocycles. The highest BCUT2D eigenvalue weighted by Gasteiger charge is 2.17. The van der Waals surface area contributed by atoms with Gasteiger partial charge in [0.25, 0.3) is 0 Å². The molecule has 2 aromatic heterocycles. The molecule has 0 spiro atoms. The summed E-state index contributed by atoms with van der Waals surface area (Å²) in [7, 11) is 0. The molecule has 96 valence electrons. The fourth-order valence-corrected chi connectivity index (χ4v) is 3.70. The summed E-state index contributed by atoms with van der Waals surface area (Å²) in [6.45, 7) is 0. The number of thiophene rings is 1. The van der Waals surface area contributed by atoms with Gasteiger partial charge in [-0.25, -0.2) is 5.43 Å². The Morgan fingerprint density at radius 1 is 1.26 bits per heavy atom. The van der Waals surface area contributed by atoms with E-state index < -0.39 is 0 Å². The number of rotatable bonds is 3. The molecule has 0 aliphatic carbocycles. The summed E-state index contributed by atoms with van der Waals surface area (Å²) in [5.41, 5.74) is 3.98. The maximum Gasteiger partial charge on any atom is 0.0823 e. The van der Waals surface area contributed by atoms with E-state index in [1.807, 2.05) is 24.5 Å². The minimum absolute atomic E-state index is 0.0464. The minimum Gasteiger partial charge on any atom is -0.271 e. The van der Waals surface area contributed by atoms with Gasteiger partial charge in [0.05, 0.1) is 6.04 Å². The standard InChI is InChI=1S/C14H12BrN3S/c15-10-5-13(19-8-10)14(18-16)12-7-17-6-9-3-1-2-4-11(9)12/h1-8,14,18H,16H2. The zero-order valence-electron chi connectivity index (χ0n) is 10.0. The molecule has 1 aromatic carbocycles. The fraction of sp³-hybridized carbons (Fsp3) is 0.0714. The summed E-state index contributed by atoms with van der Waals surface area (Å²) >= 11 is 5.15. The van der Waals surface area contributed by atoms with Crippen LogP contribution in [0.15, 0.2) is 52.6 Å². The summed E-state index contributed by atoms with van der Waals surface area (Å²) in [4.78, 5) is 5.47. The second-order valence-corrected chi connectivity index (χ2v) is 6.08. The molecule has 0 radical (unpaired) electrons. The van der Waals surface area contributed by atoms with Crippen molar-refractivity contribution in [3.63, 3.8) is 0 Å². The van der Waals surface area contributed by atoms with Crippen molar-refractivity contribution in [2.75, 3.05) is 0 Å². The number of nitrogens with one attached hydrogen (secondary N) is 1. The number of pyridine rings is 1. The van der Waals surface area contributed by atoms with Gasteiger partial charge >= 0.3 is 0 Å². The Morgan fingerprint density at radius 2 is 2.11 bits per heavy atom. The molecule has 2 heterocycles. The van der Waals surface area contributed by atoms with Gasteiger partial charge in [-0.1, -0.05) is 24.3 Å². The highest BCUT2D eigenvalue weighted by atomic mass is 79.9. The lowest BCUT2D eigenvalue weighted by atomic mass is 10.0. The molecule has 1 atom stereocenters. The van der Waals surface area contributed by atoms with E-state index in [0.29, 0.717) is 0 Å². The van der Waals surface area contributed by atoms with Crippen LogP contribution >= 0.6 is 27.3 Å². The van der Waals surface area contributed by atoms with Gasteiger partial charge in [0.1, 0.15) is 0 Å². The van der Waals surface area contributed by atoms with E-state index in [0.717, 1.165) is 20.3 Å². The van der Waals surface area contributed by atoms with Crippen molar-refractivity contribution < 1.29 is 0 Å². The van der Waals surface area contributed by atoms with Crippen molar-refractivity contribution >= 4 is 38.0 Å². The number of aromatic nitrogens is 1. The van der Waals surface area contributed by atoms with Gasteiger partial charge in [-0.05, 0) is 27.4 Å². The normalized spacial score (nSPS) is 12.7. The first-order valence-electron chi connectivity index (χ1n) is 5.82. The Morgan fingerprint density at radius 3 is 2.84 bits per heavy atom. The smallest absolute Gasteiger partial charge is 0.0823 e. The molecule has 5 heteroatoms. The number of nitrogens with zero attached hydrogens (tertiary/aromatic N) is 1. The van der Waals surface area contributed by atoms with Gasteiger partial charge in [-0.15, -0.1) is 11.3 Å². The van der Waals surface area contributed by atoms with Crippen LogP contribution in [0.3, 0.4) is 0 Å². The van der Waals surface area contributed by atoms with Crippen molar-refractivity contribution in [1.82, 2.24) is 10.4 Å². The summed E-state index contributed by atoms with van der Waals surface area (Å²) in [6.07, 6.45) is 3.75. The molecular weight excluding hydrogens is 322 g/mol. The van der Waals surface area contributed by atoms with Gasteiger partial charge in [-0.2, -0.15) is 0 Å². The summed E-state index contributed by atoms with van der Waals surface area (Å²) in [5, 5.41) is 4.35. The van der Waals surface area contributed by atoms with Crippen LogP contribution in [0.25, 0.3) is 10.8 Å². The van der Waals surface area contributed by atoms with Crippen LogP contribution in [0.5, 0.6) is 0 Å². The molecule has 3 aromatic rings. The van der Waals surface area contributed by atoms with Crippen molar-refractivity contribution in [1.29, 1.82) is 0 Å². The first-order chi connectivity index (χ1) is 9.29. The zero-order valence-corrected chi connectivity index (χ0v) is 12.4. The Balaban J connectivity index is 2.16. The summed E-state index contributed by atoms with van der Waals surface area (Å²) < 4.78 is 1.07. The third kappa shape index (κ3) is 2.42. The van der Waals surface area contributed by atoms with Crippen LogP contribution < -0.4 is 11.3 Å². The summed E-state index contributed by atoms with van der Waals surface area (Å²) in [6, 6.07) is 10.2. The lowest BCUT2D eigenvalue weighted by Crippen LogP contribution is -2.28. The number of fused-ring (bicyclic) bond motifs is 1. The van der Waals surface area contributed by atoms with E-state index in [1.54, 1.807) is 11.3 Å². The van der Waals surface area contributed by atoms with Crippen LogP contribution in [0.2, 0.25) is 0 Å². The average molecular weight is 334 g/mol. The Bertz CT molecular complexity index is 705. The van der Waals surface area contributed by atoms with Crippen LogP contribution in [0.4, 0.5) is 0 Å². The molecule has 3 nitrogen and oxygen atoms in total. The van der Waals surface area contributed by atoms with Crippen LogP contribution in [-0.4, -0.2) is 4.98 Å². The quantitative estimate of drug-likeness (QED) is 0.568. The molecule has 0 amide bonds. The molecule has 3 N–H and O–H groups in total. The first kappa shape index (κ1) is 12.7. The predicted molar refractivity (Wildman–Crippen MR) is 82.9 cm³/mol. The number of benzene rings is 1. The van der Waals surface area contributed by atoms with E-state index in [2.05, 4.69) is 49.9 Å². The molecule has 0 saturated carbocycles. The molecule has 19 heavy (non-hydrogen) atoms. The highest BCUT2D eigenvalue weighted by molar-refractivity contribution is 9.10. The second kappa shape index (κ2) is 5.38. The van der Waals surface area contributed by atoms with Crippen molar-refractivity contribution in [2.24, 2.45) is 5.84 Å². The highest BCUT2D eigenvalue weighted by Crippen LogP contribution is 2.32. The van der Waals surface area contributed by atoms with E-state index >= 15 is 0 Å². The molecule has 0 bridgehead atoms. The number of halogens is 1. The number of hydrogen-bond acceptors (Lipinski definition) is 4. The lowest BCUT2D eigenvalue weighted by molar-refractivity contribution is 0.648. The van der Waals surface area contributed by atoms with E-state index in [1.165, 1.54) is 5.39 Å². The van der Waals surface area contributed by atoms with Crippen LogP contribution in [0.1, 0.15) is 16.5 Å². The van der Waals surface area contributed by atoms with E-state index in [4.69, 9.17) is 5.84 Å². The number of hydrogen-bond donors (Lipinski definition) is 2. The molecule has 0 aliphatic rings. The minimum atomic E-state index is -0.0464. The molecule has 0 fully saturated rings. The largest absolute Gasteiger partial charge is 0.271 e. The van der Waals surface area contributed by atoms with Gasteiger partial charge in [0.15, 0.2) is 0 Å². The Kier molecular flexibility index (Phi) is 3.61. The van der Waals surface area contributed by atoms with Gasteiger partial charge in [0, 0.05) is 38.1 Å². The maximum absolute atomic E-state index is 5.75. The van der Waals surface area contributed by atoms with Crippen molar-refractivity contribution in [3.8, 4) is 0 Å². The van der Waals surface area contributed by atoms with Crippen molar-refractivity contribution in [3.05, 3.63) is 63.0 Å². The predicted octanol–water partition coefficient (Wildman–Crippen LogP) is 3.61. The summed E-state index contributed by atoms with van der Waals surface area (Å²) in [5.74, 6) is 5.75. The molecule has 1 unspecified atom stereocenters. The number of nitrogens with two attached hydrogens (primary N) is 1. The van der Waals surface area contributed by atoms with E-state index in [-0.39, 0.29) is 6.04 Å². The van der Waals surface area contributed by atoms with Crippen LogP contribution in [-0.2, 0) is 0 Å². The second-order valence-electron chi connectivity index (χ2n) is 4.22. The zero-order chi connectivity index (χ0) is 13.2. The van der Waals surface area contributed by atoms with Gasteiger partial charge in [-0.3, -0.25) is 10.8 Å².